The van der Waals surface area contributed by atoms with Gasteiger partial charge in [-0.15, -0.1) is 0 Å². The second kappa shape index (κ2) is 4.39. The molecule has 1 heterocycles. The van der Waals surface area contributed by atoms with Crippen LogP contribution in [0.1, 0.15) is 32.6 Å². The molecule has 1 aliphatic carbocycles. The van der Waals surface area contributed by atoms with Crippen molar-refractivity contribution in [3.8, 4) is 0 Å². The van der Waals surface area contributed by atoms with Gasteiger partial charge in [-0.3, -0.25) is 4.90 Å². The smallest absolute Gasteiger partial charge is 0.140 e. The Hall–Kier alpha value is -0.770. The van der Waals surface area contributed by atoms with E-state index in [2.05, 4.69) is 17.0 Å². The highest BCUT2D eigenvalue weighted by Crippen LogP contribution is 2.38. The zero-order chi connectivity index (χ0) is 10.8. The fourth-order valence-corrected chi connectivity index (χ4v) is 3.10. The van der Waals surface area contributed by atoms with Gasteiger partial charge in [0.1, 0.15) is 5.84 Å². The summed E-state index contributed by atoms with van der Waals surface area (Å²) in [6, 6.07) is 0.409. The molecule has 2 aliphatic rings. The Morgan fingerprint density at radius 3 is 2.60 bits per heavy atom. The van der Waals surface area contributed by atoms with Gasteiger partial charge in [-0.2, -0.15) is 0 Å². The molecule has 4 nitrogen and oxygen atoms in total. The van der Waals surface area contributed by atoms with E-state index < -0.39 is 0 Å². The summed E-state index contributed by atoms with van der Waals surface area (Å²) >= 11 is 0. The van der Waals surface area contributed by atoms with E-state index in [-0.39, 0.29) is 0 Å². The van der Waals surface area contributed by atoms with Crippen molar-refractivity contribution in [1.82, 2.24) is 4.90 Å². The fraction of sp³-hybridized carbons (Fsp3) is 0.909. The molecule has 1 saturated carbocycles. The van der Waals surface area contributed by atoms with Crippen molar-refractivity contribution in [2.24, 2.45) is 22.7 Å². The van der Waals surface area contributed by atoms with Crippen LogP contribution in [0.4, 0.5) is 0 Å². The molecular formula is C11H21N3O. The summed E-state index contributed by atoms with van der Waals surface area (Å²) in [5.74, 6) is 2.18. The van der Waals surface area contributed by atoms with Crippen LogP contribution in [-0.4, -0.2) is 35.1 Å². The van der Waals surface area contributed by atoms with Crippen molar-refractivity contribution in [2.45, 2.75) is 38.6 Å². The van der Waals surface area contributed by atoms with E-state index >= 15 is 0 Å². The summed E-state index contributed by atoms with van der Waals surface area (Å²) in [7, 11) is 0. The Morgan fingerprint density at radius 2 is 2.07 bits per heavy atom. The lowest BCUT2D eigenvalue weighted by molar-refractivity contribution is 0.241. The van der Waals surface area contributed by atoms with E-state index in [1.807, 2.05) is 0 Å². The van der Waals surface area contributed by atoms with Gasteiger partial charge in [0, 0.05) is 25.6 Å². The highest BCUT2D eigenvalue weighted by Gasteiger charge is 2.37. The lowest BCUT2D eigenvalue weighted by atomic mass is 10.0. The van der Waals surface area contributed by atoms with Crippen LogP contribution >= 0.6 is 0 Å². The van der Waals surface area contributed by atoms with E-state index in [1.54, 1.807) is 0 Å². The predicted octanol–water partition coefficient (Wildman–Crippen LogP) is 1.24. The average molecular weight is 211 g/mol. The van der Waals surface area contributed by atoms with Crippen LogP contribution in [0, 0.1) is 11.8 Å². The van der Waals surface area contributed by atoms with Crippen molar-refractivity contribution in [3.63, 3.8) is 0 Å². The van der Waals surface area contributed by atoms with Gasteiger partial charge in [0.05, 0.1) is 0 Å². The van der Waals surface area contributed by atoms with Crippen LogP contribution in [0.2, 0.25) is 0 Å². The summed E-state index contributed by atoms with van der Waals surface area (Å²) in [6.45, 7) is 4.59. The number of oxime groups is 1. The summed E-state index contributed by atoms with van der Waals surface area (Å²) < 4.78 is 0. The second-order valence-corrected chi connectivity index (χ2v) is 5.05. The minimum Gasteiger partial charge on any atom is -0.409 e. The normalized spacial score (nSPS) is 34.3. The number of nitrogens with two attached hydrogens (primary N) is 1. The maximum Gasteiger partial charge on any atom is 0.140 e. The Morgan fingerprint density at radius 1 is 1.47 bits per heavy atom. The predicted molar refractivity (Wildman–Crippen MR) is 59.9 cm³/mol. The van der Waals surface area contributed by atoms with Crippen LogP contribution < -0.4 is 5.73 Å². The van der Waals surface area contributed by atoms with Crippen molar-refractivity contribution in [1.29, 1.82) is 0 Å². The van der Waals surface area contributed by atoms with Gasteiger partial charge in [-0.05, 0) is 31.6 Å². The molecule has 0 aromatic rings. The first-order valence-corrected chi connectivity index (χ1v) is 5.91. The molecule has 2 rings (SSSR count). The molecule has 2 fully saturated rings. The average Bonchev–Trinajstić information content (AvgIpc) is 2.76. The Labute approximate surface area is 91.1 Å². The van der Waals surface area contributed by atoms with Crippen molar-refractivity contribution >= 4 is 5.84 Å². The minimum atomic E-state index is 0.347. The Bertz CT molecular complexity index is 242. The SMILES string of the molecule is CC(CC(N)=NO)N1CC2CCCC2C1. The van der Waals surface area contributed by atoms with E-state index in [0.717, 1.165) is 11.8 Å². The topological polar surface area (TPSA) is 61.9 Å². The lowest BCUT2D eigenvalue weighted by Crippen LogP contribution is -2.35. The Balaban J connectivity index is 1.85. The monoisotopic (exact) mass is 211 g/mol. The van der Waals surface area contributed by atoms with Gasteiger partial charge in [-0.25, -0.2) is 0 Å². The van der Waals surface area contributed by atoms with Crippen LogP contribution in [-0.2, 0) is 0 Å². The molecule has 1 saturated heterocycles. The van der Waals surface area contributed by atoms with Gasteiger partial charge in [-0.1, -0.05) is 11.6 Å². The molecule has 3 unspecified atom stereocenters. The quantitative estimate of drug-likeness (QED) is 0.319. The molecule has 0 amide bonds. The number of hydrogen-bond donors (Lipinski definition) is 2. The third-order valence-electron chi connectivity index (χ3n) is 4.01. The molecule has 0 bridgehead atoms. The minimum absolute atomic E-state index is 0.347. The van der Waals surface area contributed by atoms with Gasteiger partial charge in [0.25, 0.3) is 0 Å². The number of rotatable bonds is 3. The first-order valence-electron chi connectivity index (χ1n) is 5.91. The van der Waals surface area contributed by atoms with E-state index in [4.69, 9.17) is 10.9 Å². The van der Waals surface area contributed by atoms with Crippen molar-refractivity contribution in [2.75, 3.05) is 13.1 Å². The lowest BCUT2D eigenvalue weighted by Gasteiger charge is -2.24. The van der Waals surface area contributed by atoms with Crippen molar-refractivity contribution in [3.05, 3.63) is 0 Å². The molecule has 4 heteroatoms. The third-order valence-corrected chi connectivity index (χ3v) is 4.01. The molecule has 0 aromatic carbocycles. The highest BCUT2D eigenvalue weighted by molar-refractivity contribution is 5.80. The van der Waals surface area contributed by atoms with Gasteiger partial charge in [0.15, 0.2) is 0 Å². The summed E-state index contributed by atoms with van der Waals surface area (Å²) in [4.78, 5) is 2.49. The van der Waals surface area contributed by atoms with Crippen LogP contribution in [0.25, 0.3) is 0 Å². The maximum absolute atomic E-state index is 8.53. The second-order valence-electron chi connectivity index (χ2n) is 5.05. The zero-order valence-electron chi connectivity index (χ0n) is 9.39. The molecule has 1 aliphatic heterocycles. The van der Waals surface area contributed by atoms with Crippen LogP contribution in [0.3, 0.4) is 0 Å². The summed E-state index contributed by atoms with van der Waals surface area (Å²) in [5, 5.41) is 11.6. The van der Waals surface area contributed by atoms with Crippen molar-refractivity contribution < 1.29 is 5.21 Å². The summed E-state index contributed by atoms with van der Waals surface area (Å²) in [5.41, 5.74) is 5.53. The largest absolute Gasteiger partial charge is 0.409 e. The summed E-state index contributed by atoms with van der Waals surface area (Å²) in [6.07, 6.45) is 4.89. The zero-order valence-corrected chi connectivity index (χ0v) is 9.39. The molecule has 0 radical (unpaired) electrons. The van der Waals surface area contributed by atoms with Gasteiger partial charge >= 0.3 is 0 Å². The van der Waals surface area contributed by atoms with Gasteiger partial charge < -0.3 is 10.9 Å². The highest BCUT2D eigenvalue weighted by atomic mass is 16.4. The number of amidine groups is 1. The van der Waals surface area contributed by atoms with E-state index in [1.165, 1.54) is 32.4 Å². The van der Waals surface area contributed by atoms with E-state index in [0.29, 0.717) is 18.3 Å². The molecule has 0 aromatic heterocycles. The molecule has 15 heavy (non-hydrogen) atoms. The molecule has 3 N–H and O–H groups in total. The number of hydrogen-bond acceptors (Lipinski definition) is 3. The number of likely N-dealkylation sites (tertiary alicyclic amines) is 1. The van der Waals surface area contributed by atoms with Crippen LogP contribution in [0.5, 0.6) is 0 Å². The number of fused-ring (bicyclic) bond motifs is 1. The Kier molecular flexibility index (Phi) is 3.14. The molecular weight excluding hydrogens is 190 g/mol. The third kappa shape index (κ3) is 2.25. The van der Waals surface area contributed by atoms with Crippen LogP contribution in [0.15, 0.2) is 5.16 Å². The molecule has 86 valence electrons. The molecule has 0 spiro atoms. The maximum atomic E-state index is 8.53. The standard InChI is InChI=1S/C11H21N3O/c1-8(5-11(12)13-15)14-6-9-3-2-4-10(9)7-14/h8-10,15H,2-7H2,1H3,(H2,12,13). The van der Waals surface area contributed by atoms with E-state index in [9.17, 15) is 0 Å². The first-order chi connectivity index (χ1) is 7.20. The molecule has 3 atom stereocenters. The number of nitrogens with zero attached hydrogens (tertiary/aromatic N) is 2. The fourth-order valence-electron chi connectivity index (χ4n) is 3.10. The first kappa shape index (κ1) is 10.7. The van der Waals surface area contributed by atoms with Gasteiger partial charge in [0.2, 0.25) is 0 Å².